The van der Waals surface area contributed by atoms with Crippen LogP contribution in [0.15, 0.2) is 52.3 Å². The van der Waals surface area contributed by atoms with Gasteiger partial charge in [-0.15, -0.1) is 11.3 Å². The van der Waals surface area contributed by atoms with Crippen LogP contribution in [0.2, 0.25) is 0 Å². The van der Waals surface area contributed by atoms with Crippen LogP contribution in [-0.4, -0.2) is 23.0 Å². The van der Waals surface area contributed by atoms with E-state index in [2.05, 4.69) is 15.3 Å². The molecule has 7 nitrogen and oxygen atoms in total. The molecule has 2 aromatic carbocycles. The molecule has 37 heavy (non-hydrogen) atoms. The van der Waals surface area contributed by atoms with Crippen molar-refractivity contribution >= 4 is 38.2 Å². The Labute approximate surface area is 210 Å². The maximum absolute atomic E-state index is 13.7. The lowest BCUT2D eigenvalue weighted by molar-refractivity contribution is -0.140. The maximum Gasteiger partial charge on any atom is 0.433 e. The Bertz CT molecular complexity index is 1640. The molecule has 1 amide bonds. The number of ether oxygens (including phenoxy) is 1. The molecule has 190 valence electrons. The highest BCUT2D eigenvalue weighted by molar-refractivity contribution is 7.17. The molecule has 5 aromatic rings. The van der Waals surface area contributed by atoms with Crippen molar-refractivity contribution in [3.8, 4) is 17.2 Å². The number of benzene rings is 2. The summed E-state index contributed by atoms with van der Waals surface area (Å²) in [5.74, 6) is -0.733. The van der Waals surface area contributed by atoms with Crippen LogP contribution in [0.5, 0.6) is 5.75 Å². The van der Waals surface area contributed by atoms with E-state index in [9.17, 15) is 22.4 Å². The summed E-state index contributed by atoms with van der Waals surface area (Å²) in [6.07, 6.45) is -4.64. The van der Waals surface area contributed by atoms with Crippen LogP contribution in [-0.2, 0) is 19.3 Å². The molecule has 0 aliphatic rings. The van der Waals surface area contributed by atoms with Gasteiger partial charge in [-0.2, -0.15) is 13.2 Å². The number of amides is 1. The van der Waals surface area contributed by atoms with E-state index in [-0.39, 0.29) is 52.9 Å². The summed E-state index contributed by atoms with van der Waals surface area (Å²) in [5, 5.41) is 5.55. The van der Waals surface area contributed by atoms with Crippen molar-refractivity contribution in [1.29, 1.82) is 0 Å². The number of carbonyl (C=O) groups is 1. The van der Waals surface area contributed by atoms with Gasteiger partial charge in [0.2, 0.25) is 5.89 Å². The lowest BCUT2D eigenvalue weighted by Gasteiger charge is -2.11. The van der Waals surface area contributed by atoms with Crippen LogP contribution in [0.25, 0.3) is 32.4 Å². The Morgan fingerprint density at radius 3 is 2.68 bits per heavy atom. The van der Waals surface area contributed by atoms with Gasteiger partial charge in [-0.05, 0) is 53.4 Å². The number of methoxy groups -OCH3 is 1. The molecule has 0 radical (unpaired) electrons. The molecule has 12 heteroatoms. The van der Waals surface area contributed by atoms with Crippen LogP contribution < -0.4 is 15.8 Å². The quantitative estimate of drug-likeness (QED) is 0.275. The van der Waals surface area contributed by atoms with Crippen molar-refractivity contribution in [2.45, 2.75) is 19.3 Å². The topological polar surface area (TPSA) is 103 Å². The number of hydrogen-bond acceptors (Lipinski definition) is 7. The fourth-order valence-corrected chi connectivity index (χ4v) is 4.88. The first-order chi connectivity index (χ1) is 17.7. The van der Waals surface area contributed by atoms with Crippen LogP contribution in [0, 0.1) is 5.82 Å². The van der Waals surface area contributed by atoms with E-state index in [1.807, 2.05) is 5.38 Å². The number of aromatic nitrogens is 2. The first kappa shape index (κ1) is 24.7. The van der Waals surface area contributed by atoms with Gasteiger partial charge in [0, 0.05) is 27.6 Å². The standard InChI is InChI=1S/C25H18F4N4O3S/c1-35-17-5-3-15(14-4-7-20(25(27,28)29)32-21(14)17)24-33-22(18(9-30)36-24)23(34)31-10-12-11-37-19-6-2-13(26)8-16(12)19/h2-8,11H,9-10,30H2,1H3,(H,31,34). The minimum atomic E-state index is -4.64. The zero-order chi connectivity index (χ0) is 26.3. The molecule has 0 aliphatic heterocycles. The number of thiophene rings is 1. The van der Waals surface area contributed by atoms with Gasteiger partial charge in [-0.25, -0.2) is 14.4 Å². The fraction of sp³-hybridized carbons (Fsp3) is 0.160. The number of pyridine rings is 1. The number of fused-ring (bicyclic) bond motifs is 2. The van der Waals surface area contributed by atoms with E-state index in [4.69, 9.17) is 14.9 Å². The lowest BCUT2D eigenvalue weighted by atomic mass is 10.1. The SMILES string of the molecule is COc1ccc(-c2nc(C(=O)NCc3csc4ccc(F)cc34)c(CN)o2)c2ccc(C(F)(F)F)nc12. The normalized spacial score (nSPS) is 11.8. The average Bonchev–Trinajstić information content (AvgIpc) is 3.49. The predicted octanol–water partition coefficient (Wildman–Crippen LogP) is 5.66. The highest BCUT2D eigenvalue weighted by Gasteiger charge is 2.33. The Hall–Kier alpha value is -4.03. The summed E-state index contributed by atoms with van der Waals surface area (Å²) in [5.41, 5.74) is 5.64. The van der Waals surface area contributed by atoms with Crippen molar-refractivity contribution in [3.63, 3.8) is 0 Å². The van der Waals surface area contributed by atoms with Crippen molar-refractivity contribution < 1.29 is 31.5 Å². The van der Waals surface area contributed by atoms with E-state index >= 15 is 0 Å². The highest BCUT2D eigenvalue weighted by Crippen LogP contribution is 2.37. The summed E-state index contributed by atoms with van der Waals surface area (Å²) in [6.45, 7) is -0.0308. The molecule has 3 N–H and O–H groups in total. The van der Waals surface area contributed by atoms with E-state index < -0.39 is 17.8 Å². The van der Waals surface area contributed by atoms with Gasteiger partial charge in [0.05, 0.1) is 13.7 Å². The lowest BCUT2D eigenvalue weighted by Crippen LogP contribution is -2.24. The van der Waals surface area contributed by atoms with Gasteiger partial charge in [-0.3, -0.25) is 4.79 Å². The zero-order valence-electron chi connectivity index (χ0n) is 19.1. The fourth-order valence-electron chi connectivity index (χ4n) is 3.93. The second-order valence-corrected chi connectivity index (χ2v) is 8.90. The Kier molecular flexibility index (Phi) is 6.30. The van der Waals surface area contributed by atoms with Gasteiger partial charge >= 0.3 is 6.18 Å². The highest BCUT2D eigenvalue weighted by atomic mass is 32.1. The van der Waals surface area contributed by atoms with Crippen LogP contribution >= 0.6 is 11.3 Å². The van der Waals surface area contributed by atoms with Crippen LogP contribution in [0.3, 0.4) is 0 Å². The summed E-state index contributed by atoms with van der Waals surface area (Å²) in [6, 6.07) is 9.53. The third-order valence-corrected chi connectivity index (χ3v) is 6.73. The Morgan fingerprint density at radius 2 is 1.95 bits per heavy atom. The summed E-state index contributed by atoms with van der Waals surface area (Å²) < 4.78 is 65.2. The zero-order valence-corrected chi connectivity index (χ0v) is 20.0. The number of halogens is 4. The van der Waals surface area contributed by atoms with Gasteiger partial charge in [0.25, 0.3) is 5.91 Å². The molecular formula is C25H18F4N4O3S. The molecule has 0 fully saturated rings. The smallest absolute Gasteiger partial charge is 0.433 e. The third kappa shape index (κ3) is 4.60. The van der Waals surface area contributed by atoms with Crippen LogP contribution in [0.1, 0.15) is 27.5 Å². The monoisotopic (exact) mass is 530 g/mol. The molecule has 3 aromatic heterocycles. The molecule has 0 unspecified atom stereocenters. The molecule has 0 aliphatic carbocycles. The molecular weight excluding hydrogens is 512 g/mol. The van der Waals surface area contributed by atoms with Gasteiger partial charge in [0.1, 0.15) is 22.8 Å². The molecule has 3 heterocycles. The van der Waals surface area contributed by atoms with Crippen molar-refractivity contribution in [2.24, 2.45) is 5.73 Å². The third-order valence-electron chi connectivity index (χ3n) is 5.71. The number of hydrogen-bond donors (Lipinski definition) is 2. The molecule has 5 rings (SSSR count). The number of oxazole rings is 1. The predicted molar refractivity (Wildman–Crippen MR) is 130 cm³/mol. The minimum Gasteiger partial charge on any atom is -0.494 e. The Balaban J connectivity index is 1.48. The summed E-state index contributed by atoms with van der Waals surface area (Å²) in [7, 11) is 1.32. The number of nitrogens with zero attached hydrogens (tertiary/aromatic N) is 2. The van der Waals surface area contributed by atoms with E-state index in [0.29, 0.717) is 10.9 Å². The summed E-state index contributed by atoms with van der Waals surface area (Å²) >= 11 is 1.43. The number of carbonyl (C=O) groups excluding carboxylic acids is 1. The van der Waals surface area contributed by atoms with Gasteiger partial charge in [0.15, 0.2) is 11.5 Å². The van der Waals surface area contributed by atoms with E-state index in [1.165, 1.54) is 42.7 Å². The second kappa shape index (κ2) is 9.45. The second-order valence-electron chi connectivity index (χ2n) is 7.98. The largest absolute Gasteiger partial charge is 0.494 e. The van der Waals surface area contributed by atoms with E-state index in [1.54, 1.807) is 12.1 Å². The minimum absolute atomic E-state index is 0.0112. The van der Waals surface area contributed by atoms with Crippen LogP contribution in [0.4, 0.5) is 17.6 Å². The van der Waals surface area contributed by atoms with E-state index in [0.717, 1.165) is 16.3 Å². The molecule has 0 saturated heterocycles. The Morgan fingerprint density at radius 1 is 1.14 bits per heavy atom. The number of alkyl halides is 3. The van der Waals surface area contributed by atoms with Crippen molar-refractivity contribution in [1.82, 2.24) is 15.3 Å². The maximum atomic E-state index is 13.7. The first-order valence-corrected chi connectivity index (χ1v) is 11.8. The first-order valence-electron chi connectivity index (χ1n) is 10.9. The molecule has 0 bridgehead atoms. The molecule has 0 atom stereocenters. The summed E-state index contributed by atoms with van der Waals surface area (Å²) in [4.78, 5) is 21.0. The van der Waals surface area contributed by atoms with Gasteiger partial charge in [-0.1, -0.05) is 0 Å². The molecule has 0 spiro atoms. The molecule has 0 saturated carbocycles. The average molecular weight is 531 g/mol. The number of rotatable bonds is 6. The number of nitrogens with two attached hydrogens (primary N) is 1. The van der Waals surface area contributed by atoms with Crippen molar-refractivity contribution in [2.75, 3.05) is 7.11 Å². The van der Waals surface area contributed by atoms with Crippen molar-refractivity contribution in [3.05, 3.63) is 76.4 Å². The van der Waals surface area contributed by atoms with Gasteiger partial charge < -0.3 is 20.2 Å². The number of nitrogens with one attached hydrogen (secondary N) is 1.